The van der Waals surface area contributed by atoms with Crippen LogP contribution >= 0.6 is 0 Å². The van der Waals surface area contributed by atoms with Crippen LogP contribution in [0.15, 0.2) is 24.4 Å². The van der Waals surface area contributed by atoms with Gasteiger partial charge < -0.3 is 10.3 Å². The molecule has 0 aromatic carbocycles. The highest BCUT2D eigenvalue weighted by Crippen LogP contribution is 1.97. The van der Waals surface area contributed by atoms with Gasteiger partial charge in [-0.05, 0) is 32.2 Å². The number of H-pyrrole nitrogens is 1. The van der Waals surface area contributed by atoms with E-state index in [2.05, 4.69) is 29.4 Å². The summed E-state index contributed by atoms with van der Waals surface area (Å²) in [5.74, 6) is 0. The summed E-state index contributed by atoms with van der Waals surface area (Å²) in [4.78, 5) is 3.10. The first-order chi connectivity index (χ1) is 5.33. The fourth-order valence-corrected chi connectivity index (χ4v) is 0.792. The summed E-state index contributed by atoms with van der Waals surface area (Å²) in [5, 5.41) is 3.13. The average molecular weight is 150 g/mol. The second-order valence-corrected chi connectivity index (χ2v) is 2.56. The molecule has 0 radical (unpaired) electrons. The van der Waals surface area contributed by atoms with Crippen LogP contribution in [0.2, 0.25) is 0 Å². The average Bonchev–Trinajstić information content (AvgIpc) is 2.52. The van der Waals surface area contributed by atoms with Crippen molar-refractivity contribution in [3.63, 3.8) is 0 Å². The van der Waals surface area contributed by atoms with E-state index in [1.54, 1.807) is 0 Å². The summed E-state index contributed by atoms with van der Waals surface area (Å²) in [7, 11) is 1.95. The maximum atomic E-state index is 3.13. The highest BCUT2D eigenvalue weighted by molar-refractivity contribution is 5.45. The van der Waals surface area contributed by atoms with Gasteiger partial charge in [0.1, 0.15) is 0 Å². The molecule has 11 heavy (non-hydrogen) atoms. The number of aromatic nitrogens is 1. The Hall–Kier alpha value is -1.02. The lowest BCUT2D eigenvalue weighted by Crippen LogP contribution is -2.17. The first kappa shape index (κ1) is 8.08. The minimum absolute atomic E-state index is 0.429. The minimum atomic E-state index is 0.429. The highest BCUT2D eigenvalue weighted by atomic mass is 14.8. The van der Waals surface area contributed by atoms with E-state index in [1.807, 2.05) is 25.4 Å². The van der Waals surface area contributed by atoms with Crippen molar-refractivity contribution in [2.75, 3.05) is 7.05 Å². The fraction of sp³-hybridized carbons (Fsp3) is 0.333. The zero-order valence-corrected chi connectivity index (χ0v) is 6.96. The summed E-state index contributed by atoms with van der Waals surface area (Å²) < 4.78 is 0. The Morgan fingerprint density at radius 3 is 3.00 bits per heavy atom. The highest BCUT2D eigenvalue weighted by Gasteiger charge is 1.89. The predicted molar refractivity (Wildman–Crippen MR) is 48.3 cm³/mol. The van der Waals surface area contributed by atoms with Gasteiger partial charge in [-0.15, -0.1) is 0 Å². The molecule has 0 aliphatic carbocycles. The van der Waals surface area contributed by atoms with Crippen molar-refractivity contribution in [1.82, 2.24) is 10.3 Å². The third kappa shape index (κ3) is 2.60. The zero-order chi connectivity index (χ0) is 8.10. The molecular formula is C9H14N2. The standard InChI is InChI=1S/C9H14N2/c1-8(10-2)5-6-9-4-3-7-11-9/h3-8,10-11H,1-2H3/b6-5+. The van der Waals surface area contributed by atoms with Crippen LogP contribution in [0.3, 0.4) is 0 Å². The Labute approximate surface area is 67.3 Å². The molecular weight excluding hydrogens is 136 g/mol. The lowest BCUT2D eigenvalue weighted by Gasteiger charge is -2.00. The number of likely N-dealkylation sites (N-methyl/N-ethyl adjacent to an activating group) is 1. The van der Waals surface area contributed by atoms with Crippen LogP contribution in [0.1, 0.15) is 12.6 Å². The molecule has 1 atom stereocenters. The first-order valence-electron chi connectivity index (χ1n) is 3.82. The largest absolute Gasteiger partial charge is 0.362 e. The molecule has 1 aromatic heterocycles. The molecule has 1 aromatic rings. The lowest BCUT2D eigenvalue weighted by atomic mass is 10.3. The molecule has 0 saturated carbocycles. The SMILES string of the molecule is CNC(C)/C=C/c1ccc[nH]1. The van der Waals surface area contributed by atoms with Gasteiger partial charge in [0.05, 0.1) is 0 Å². The molecule has 0 amide bonds. The summed E-state index contributed by atoms with van der Waals surface area (Å²) in [5.41, 5.74) is 1.15. The number of hydrogen-bond acceptors (Lipinski definition) is 1. The van der Waals surface area contributed by atoms with E-state index < -0.39 is 0 Å². The van der Waals surface area contributed by atoms with Gasteiger partial charge in [-0.2, -0.15) is 0 Å². The molecule has 2 N–H and O–H groups in total. The van der Waals surface area contributed by atoms with Crippen molar-refractivity contribution in [3.05, 3.63) is 30.1 Å². The maximum absolute atomic E-state index is 3.13. The molecule has 0 fully saturated rings. The van der Waals surface area contributed by atoms with Crippen molar-refractivity contribution in [1.29, 1.82) is 0 Å². The van der Waals surface area contributed by atoms with Gasteiger partial charge in [0.25, 0.3) is 0 Å². The number of nitrogens with one attached hydrogen (secondary N) is 2. The topological polar surface area (TPSA) is 27.8 Å². The Morgan fingerprint density at radius 2 is 2.45 bits per heavy atom. The Balaban J connectivity index is 2.48. The fourth-order valence-electron chi connectivity index (χ4n) is 0.792. The monoisotopic (exact) mass is 150 g/mol. The zero-order valence-electron chi connectivity index (χ0n) is 6.96. The second kappa shape index (κ2) is 3.98. The quantitative estimate of drug-likeness (QED) is 0.673. The molecule has 1 rings (SSSR count). The number of hydrogen-bond donors (Lipinski definition) is 2. The van der Waals surface area contributed by atoms with Crippen LogP contribution in [-0.2, 0) is 0 Å². The van der Waals surface area contributed by atoms with Crippen LogP contribution in [0.25, 0.3) is 6.08 Å². The van der Waals surface area contributed by atoms with E-state index in [-0.39, 0.29) is 0 Å². The minimum Gasteiger partial charge on any atom is -0.362 e. The van der Waals surface area contributed by atoms with Crippen molar-refractivity contribution < 1.29 is 0 Å². The van der Waals surface area contributed by atoms with E-state index >= 15 is 0 Å². The maximum Gasteiger partial charge on any atom is 0.0377 e. The summed E-state index contributed by atoms with van der Waals surface area (Å²) >= 11 is 0. The lowest BCUT2D eigenvalue weighted by molar-refractivity contribution is 0.731. The molecule has 1 heterocycles. The number of rotatable bonds is 3. The predicted octanol–water partition coefficient (Wildman–Crippen LogP) is 1.64. The van der Waals surface area contributed by atoms with E-state index in [9.17, 15) is 0 Å². The molecule has 60 valence electrons. The van der Waals surface area contributed by atoms with Crippen LogP contribution in [0.5, 0.6) is 0 Å². The molecule has 2 nitrogen and oxygen atoms in total. The third-order valence-electron chi connectivity index (χ3n) is 1.64. The van der Waals surface area contributed by atoms with Crippen molar-refractivity contribution >= 4 is 6.08 Å². The number of aromatic amines is 1. The van der Waals surface area contributed by atoms with Crippen molar-refractivity contribution in [3.8, 4) is 0 Å². The molecule has 0 aliphatic heterocycles. The van der Waals surface area contributed by atoms with Crippen LogP contribution < -0.4 is 5.32 Å². The summed E-state index contributed by atoms with van der Waals surface area (Å²) in [6.07, 6.45) is 6.11. The van der Waals surface area contributed by atoms with Crippen LogP contribution in [0, 0.1) is 0 Å². The van der Waals surface area contributed by atoms with Gasteiger partial charge in [-0.3, -0.25) is 0 Å². The Morgan fingerprint density at radius 1 is 1.64 bits per heavy atom. The molecule has 2 heteroatoms. The van der Waals surface area contributed by atoms with E-state index in [4.69, 9.17) is 0 Å². The Kier molecular flexibility index (Phi) is 2.93. The second-order valence-electron chi connectivity index (χ2n) is 2.56. The summed E-state index contributed by atoms with van der Waals surface area (Å²) in [6, 6.07) is 4.46. The van der Waals surface area contributed by atoms with Crippen LogP contribution in [-0.4, -0.2) is 18.1 Å². The first-order valence-corrected chi connectivity index (χ1v) is 3.82. The Bertz CT molecular complexity index is 211. The molecule has 0 spiro atoms. The summed E-state index contributed by atoms with van der Waals surface area (Å²) in [6.45, 7) is 2.11. The van der Waals surface area contributed by atoms with Gasteiger partial charge in [0.2, 0.25) is 0 Å². The van der Waals surface area contributed by atoms with Crippen LogP contribution in [0.4, 0.5) is 0 Å². The van der Waals surface area contributed by atoms with Gasteiger partial charge in [0, 0.05) is 17.9 Å². The van der Waals surface area contributed by atoms with E-state index in [0.29, 0.717) is 6.04 Å². The molecule has 0 aliphatic rings. The molecule has 1 unspecified atom stereocenters. The van der Waals surface area contributed by atoms with Gasteiger partial charge >= 0.3 is 0 Å². The molecule has 0 saturated heterocycles. The van der Waals surface area contributed by atoms with Gasteiger partial charge in [0.15, 0.2) is 0 Å². The normalized spacial score (nSPS) is 14.0. The van der Waals surface area contributed by atoms with Gasteiger partial charge in [-0.1, -0.05) is 6.08 Å². The van der Waals surface area contributed by atoms with E-state index in [1.165, 1.54) is 0 Å². The third-order valence-corrected chi connectivity index (χ3v) is 1.64. The van der Waals surface area contributed by atoms with Crippen molar-refractivity contribution in [2.45, 2.75) is 13.0 Å². The van der Waals surface area contributed by atoms with Crippen molar-refractivity contribution in [2.24, 2.45) is 0 Å². The van der Waals surface area contributed by atoms with E-state index in [0.717, 1.165) is 5.69 Å². The smallest absolute Gasteiger partial charge is 0.0377 e. The molecule has 0 bridgehead atoms. The van der Waals surface area contributed by atoms with Gasteiger partial charge in [-0.25, -0.2) is 0 Å².